The van der Waals surface area contributed by atoms with Crippen molar-refractivity contribution in [3.05, 3.63) is 64.7 Å². The molecule has 5 heteroatoms. The Kier molecular flexibility index (Phi) is 5.73. The molecule has 5 nitrogen and oxygen atoms in total. The van der Waals surface area contributed by atoms with Gasteiger partial charge in [0.25, 0.3) is 0 Å². The molecule has 0 N–H and O–H groups in total. The first-order valence-corrected chi connectivity index (χ1v) is 9.02. The van der Waals surface area contributed by atoms with Gasteiger partial charge < -0.3 is 18.9 Å². The van der Waals surface area contributed by atoms with E-state index < -0.39 is 5.97 Å². The molecule has 3 rings (SSSR count). The maximum Gasteiger partial charge on any atom is 0.343 e. The third kappa shape index (κ3) is 3.88. The summed E-state index contributed by atoms with van der Waals surface area (Å²) in [5.74, 6) is 2.14. The SMILES string of the molecule is COc1cc(C=C2C=C(c3ccc(C(C)C)cc3)OC2=O)cc(OC)c1OC. The lowest BCUT2D eigenvalue weighted by Crippen LogP contribution is -1.98. The molecule has 0 fully saturated rings. The second-order valence-corrected chi connectivity index (χ2v) is 6.73. The number of methoxy groups -OCH3 is 3. The maximum atomic E-state index is 12.3. The van der Waals surface area contributed by atoms with E-state index in [9.17, 15) is 4.79 Å². The highest BCUT2D eigenvalue weighted by Gasteiger charge is 2.22. The summed E-state index contributed by atoms with van der Waals surface area (Å²) in [7, 11) is 4.65. The maximum absolute atomic E-state index is 12.3. The molecule has 2 aromatic rings. The van der Waals surface area contributed by atoms with Gasteiger partial charge in [0.05, 0.1) is 26.9 Å². The number of rotatable bonds is 6. The fraction of sp³-hybridized carbons (Fsp3) is 0.261. The molecule has 0 atom stereocenters. The normalized spacial score (nSPS) is 14.9. The molecular formula is C23H24O5. The summed E-state index contributed by atoms with van der Waals surface area (Å²) in [6.07, 6.45) is 3.48. The van der Waals surface area contributed by atoms with Crippen LogP contribution in [-0.2, 0) is 9.53 Å². The predicted molar refractivity (Wildman–Crippen MR) is 109 cm³/mol. The van der Waals surface area contributed by atoms with Crippen LogP contribution in [0.3, 0.4) is 0 Å². The Hall–Kier alpha value is -3.21. The average molecular weight is 380 g/mol. The largest absolute Gasteiger partial charge is 0.493 e. The fourth-order valence-electron chi connectivity index (χ4n) is 3.03. The van der Waals surface area contributed by atoms with Crippen molar-refractivity contribution < 1.29 is 23.7 Å². The minimum Gasteiger partial charge on any atom is -0.493 e. The van der Waals surface area contributed by atoms with Gasteiger partial charge >= 0.3 is 5.97 Å². The predicted octanol–water partition coefficient (Wildman–Crippen LogP) is 4.82. The van der Waals surface area contributed by atoms with E-state index in [0.29, 0.717) is 34.5 Å². The highest BCUT2D eigenvalue weighted by Crippen LogP contribution is 2.39. The Morgan fingerprint density at radius 3 is 2.04 bits per heavy atom. The Morgan fingerprint density at radius 1 is 0.929 bits per heavy atom. The second-order valence-electron chi connectivity index (χ2n) is 6.73. The van der Waals surface area contributed by atoms with Crippen LogP contribution in [0.2, 0.25) is 0 Å². The summed E-state index contributed by atoms with van der Waals surface area (Å²) < 4.78 is 21.5. The zero-order valence-corrected chi connectivity index (χ0v) is 16.7. The zero-order valence-electron chi connectivity index (χ0n) is 16.7. The van der Waals surface area contributed by atoms with E-state index in [-0.39, 0.29) is 0 Å². The summed E-state index contributed by atoms with van der Waals surface area (Å²) in [4.78, 5) is 12.3. The van der Waals surface area contributed by atoms with Crippen LogP contribution in [0.4, 0.5) is 0 Å². The van der Waals surface area contributed by atoms with E-state index >= 15 is 0 Å². The molecule has 0 aromatic heterocycles. The Bertz CT molecular complexity index is 911. The third-order valence-corrected chi connectivity index (χ3v) is 4.60. The van der Waals surface area contributed by atoms with E-state index in [4.69, 9.17) is 18.9 Å². The average Bonchev–Trinajstić information content (AvgIpc) is 3.07. The number of benzene rings is 2. The first kappa shape index (κ1) is 19.5. The number of esters is 1. The van der Waals surface area contributed by atoms with Crippen molar-refractivity contribution in [2.75, 3.05) is 21.3 Å². The van der Waals surface area contributed by atoms with Crippen molar-refractivity contribution in [1.29, 1.82) is 0 Å². The molecule has 146 valence electrons. The van der Waals surface area contributed by atoms with Crippen LogP contribution in [0, 0.1) is 0 Å². The van der Waals surface area contributed by atoms with Gasteiger partial charge in [-0.3, -0.25) is 0 Å². The van der Waals surface area contributed by atoms with Crippen LogP contribution in [0.25, 0.3) is 11.8 Å². The second kappa shape index (κ2) is 8.21. The highest BCUT2D eigenvalue weighted by atomic mass is 16.5. The molecule has 0 saturated heterocycles. The molecule has 1 aliphatic heterocycles. The Morgan fingerprint density at radius 2 is 1.54 bits per heavy atom. The lowest BCUT2D eigenvalue weighted by molar-refractivity contribution is -0.130. The molecule has 0 bridgehead atoms. The van der Waals surface area contributed by atoms with Gasteiger partial charge in [0.2, 0.25) is 5.75 Å². The molecule has 0 spiro atoms. The molecule has 0 radical (unpaired) electrons. The quantitative estimate of drug-likeness (QED) is 0.531. The molecule has 2 aromatic carbocycles. The fourth-order valence-corrected chi connectivity index (χ4v) is 3.03. The first-order chi connectivity index (χ1) is 13.5. The van der Waals surface area contributed by atoms with Gasteiger partial charge in [0, 0.05) is 5.56 Å². The highest BCUT2D eigenvalue weighted by molar-refractivity contribution is 6.05. The third-order valence-electron chi connectivity index (χ3n) is 4.60. The summed E-state index contributed by atoms with van der Waals surface area (Å²) in [6, 6.07) is 11.6. The van der Waals surface area contributed by atoms with Gasteiger partial charge in [0.1, 0.15) is 5.76 Å². The number of ether oxygens (including phenoxy) is 4. The zero-order chi connectivity index (χ0) is 20.3. The Balaban J connectivity index is 1.95. The van der Waals surface area contributed by atoms with Crippen LogP contribution in [0.15, 0.2) is 48.0 Å². The minimum atomic E-state index is -0.392. The first-order valence-electron chi connectivity index (χ1n) is 9.02. The molecule has 1 aliphatic rings. The summed E-state index contributed by atoms with van der Waals surface area (Å²) >= 11 is 0. The number of carbonyl (C=O) groups is 1. The van der Waals surface area contributed by atoms with E-state index in [2.05, 4.69) is 26.0 Å². The van der Waals surface area contributed by atoms with Gasteiger partial charge in [-0.15, -0.1) is 0 Å². The van der Waals surface area contributed by atoms with Gasteiger partial charge in [-0.25, -0.2) is 4.79 Å². The molecule has 0 unspecified atom stereocenters. The van der Waals surface area contributed by atoms with E-state index in [1.165, 1.54) is 5.56 Å². The van der Waals surface area contributed by atoms with Gasteiger partial charge in [-0.05, 0) is 41.3 Å². The molecule has 0 amide bonds. The van der Waals surface area contributed by atoms with Crippen molar-refractivity contribution in [3.63, 3.8) is 0 Å². The van der Waals surface area contributed by atoms with E-state index in [1.54, 1.807) is 45.6 Å². The number of hydrogen-bond donors (Lipinski definition) is 0. The lowest BCUT2D eigenvalue weighted by Gasteiger charge is -2.12. The van der Waals surface area contributed by atoms with Crippen molar-refractivity contribution >= 4 is 17.8 Å². The number of cyclic esters (lactones) is 1. The van der Waals surface area contributed by atoms with Gasteiger partial charge in [0.15, 0.2) is 11.5 Å². The summed E-state index contributed by atoms with van der Waals surface area (Å²) in [5, 5.41) is 0. The van der Waals surface area contributed by atoms with Crippen LogP contribution in [0.5, 0.6) is 17.2 Å². The summed E-state index contributed by atoms with van der Waals surface area (Å²) in [6.45, 7) is 4.28. The Labute approximate surface area is 165 Å². The van der Waals surface area contributed by atoms with Crippen LogP contribution >= 0.6 is 0 Å². The molecule has 1 heterocycles. The molecular weight excluding hydrogens is 356 g/mol. The smallest absolute Gasteiger partial charge is 0.343 e. The lowest BCUT2D eigenvalue weighted by atomic mass is 10.0. The van der Waals surface area contributed by atoms with Crippen molar-refractivity contribution in [3.8, 4) is 17.2 Å². The van der Waals surface area contributed by atoms with Crippen molar-refractivity contribution in [1.82, 2.24) is 0 Å². The minimum absolute atomic E-state index is 0.392. The van der Waals surface area contributed by atoms with Gasteiger partial charge in [-0.1, -0.05) is 38.1 Å². The van der Waals surface area contributed by atoms with E-state index in [0.717, 1.165) is 11.1 Å². The number of hydrogen-bond acceptors (Lipinski definition) is 5. The van der Waals surface area contributed by atoms with Crippen LogP contribution < -0.4 is 14.2 Å². The van der Waals surface area contributed by atoms with Crippen molar-refractivity contribution in [2.45, 2.75) is 19.8 Å². The standard InChI is InChI=1S/C23H24O5/c1-14(2)16-6-8-17(9-7-16)19-13-18(23(24)28-19)10-15-11-20(25-3)22(27-5)21(12-15)26-4/h6-14H,1-5H3. The topological polar surface area (TPSA) is 54.0 Å². The molecule has 0 aliphatic carbocycles. The molecule has 0 saturated carbocycles. The molecule has 28 heavy (non-hydrogen) atoms. The van der Waals surface area contributed by atoms with Crippen LogP contribution in [-0.4, -0.2) is 27.3 Å². The van der Waals surface area contributed by atoms with Gasteiger partial charge in [-0.2, -0.15) is 0 Å². The monoisotopic (exact) mass is 380 g/mol. The van der Waals surface area contributed by atoms with Crippen LogP contribution in [0.1, 0.15) is 36.5 Å². The van der Waals surface area contributed by atoms with E-state index in [1.807, 2.05) is 12.1 Å². The number of carbonyl (C=O) groups excluding carboxylic acids is 1. The summed E-state index contributed by atoms with van der Waals surface area (Å²) in [5.41, 5.74) is 3.30. The van der Waals surface area contributed by atoms with Crippen molar-refractivity contribution in [2.24, 2.45) is 0 Å².